The van der Waals surface area contributed by atoms with Crippen molar-refractivity contribution < 1.29 is 19.0 Å². The van der Waals surface area contributed by atoms with Gasteiger partial charge in [0.1, 0.15) is 11.6 Å². The van der Waals surface area contributed by atoms with E-state index in [0.29, 0.717) is 23.1 Å². The Morgan fingerprint density at radius 1 is 1.24 bits per heavy atom. The van der Waals surface area contributed by atoms with Gasteiger partial charge in [0.15, 0.2) is 11.0 Å². The van der Waals surface area contributed by atoms with Gasteiger partial charge in [0, 0.05) is 18.3 Å². The first-order valence-electron chi connectivity index (χ1n) is 11.6. The number of ether oxygens (including phenoxy) is 1. The molecule has 0 saturated carbocycles. The number of hydrogen-bond acceptors (Lipinski definition) is 6. The van der Waals surface area contributed by atoms with E-state index in [-0.39, 0.29) is 35.4 Å². The summed E-state index contributed by atoms with van der Waals surface area (Å²) in [6, 6.07) is 11.7. The molecule has 1 amide bonds. The zero-order chi connectivity index (χ0) is 23.7. The minimum absolute atomic E-state index is 0.0349. The molecule has 3 heterocycles. The zero-order valence-corrected chi connectivity index (χ0v) is 19.8. The summed E-state index contributed by atoms with van der Waals surface area (Å²) in [4.78, 5) is 15.1. The highest BCUT2D eigenvalue weighted by Crippen LogP contribution is 2.34. The van der Waals surface area contributed by atoms with Gasteiger partial charge in [-0.05, 0) is 68.5 Å². The van der Waals surface area contributed by atoms with Gasteiger partial charge in [-0.25, -0.2) is 4.39 Å². The number of amides is 1. The van der Waals surface area contributed by atoms with E-state index in [1.807, 2.05) is 17.6 Å². The van der Waals surface area contributed by atoms with Crippen molar-refractivity contribution in [1.29, 1.82) is 0 Å². The molecular weight excluding hydrogens is 455 g/mol. The number of aryl methyl sites for hydroxylation is 1. The third kappa shape index (κ3) is 4.54. The summed E-state index contributed by atoms with van der Waals surface area (Å²) < 4.78 is 21.5. The zero-order valence-electron chi connectivity index (χ0n) is 19.0. The number of carbonyl (C=O) groups is 1. The molecule has 2 aliphatic heterocycles. The summed E-state index contributed by atoms with van der Waals surface area (Å²) in [5, 5.41) is 19.7. The molecular formula is C25H27FN4O3S. The van der Waals surface area contributed by atoms with Gasteiger partial charge in [-0.3, -0.25) is 9.36 Å². The van der Waals surface area contributed by atoms with Crippen LogP contribution in [-0.2, 0) is 22.5 Å². The third-order valence-electron chi connectivity index (χ3n) is 6.44. The summed E-state index contributed by atoms with van der Waals surface area (Å²) in [5.74, 6) is 0.513. The summed E-state index contributed by atoms with van der Waals surface area (Å²) in [5.41, 5.74) is 2.23. The van der Waals surface area contributed by atoms with E-state index in [4.69, 9.17) is 4.74 Å². The molecule has 1 N–H and O–H groups in total. The second kappa shape index (κ2) is 9.76. The van der Waals surface area contributed by atoms with E-state index in [1.54, 1.807) is 29.2 Å². The molecule has 0 radical (unpaired) electrons. The first-order chi connectivity index (χ1) is 16.5. The Balaban J connectivity index is 1.39. The molecule has 1 aromatic heterocycles. The molecule has 0 bridgehead atoms. The van der Waals surface area contributed by atoms with E-state index >= 15 is 0 Å². The lowest BCUT2D eigenvalue weighted by atomic mass is 9.96. The van der Waals surface area contributed by atoms with Gasteiger partial charge in [-0.15, -0.1) is 10.2 Å². The van der Waals surface area contributed by atoms with Crippen molar-refractivity contribution in [3.63, 3.8) is 0 Å². The lowest BCUT2D eigenvalue weighted by Gasteiger charge is -2.35. The fraction of sp³-hybridized carbons (Fsp3) is 0.400. The van der Waals surface area contributed by atoms with Crippen molar-refractivity contribution in [3.05, 3.63) is 53.8 Å². The van der Waals surface area contributed by atoms with Crippen LogP contribution in [0.5, 0.6) is 5.75 Å². The van der Waals surface area contributed by atoms with Crippen LogP contribution in [0, 0.1) is 5.82 Å². The highest BCUT2D eigenvalue weighted by atomic mass is 32.2. The molecule has 34 heavy (non-hydrogen) atoms. The number of hydrogen-bond donors (Lipinski definition) is 1. The molecule has 3 aromatic rings. The number of aromatic hydroxyl groups is 1. The van der Waals surface area contributed by atoms with E-state index in [0.717, 1.165) is 43.5 Å². The fourth-order valence-electron chi connectivity index (χ4n) is 4.71. The van der Waals surface area contributed by atoms with Crippen molar-refractivity contribution in [2.45, 2.75) is 56.5 Å². The Hall–Kier alpha value is -2.91. The summed E-state index contributed by atoms with van der Waals surface area (Å²) >= 11 is 1.32. The quantitative estimate of drug-likeness (QED) is 0.524. The second-order valence-corrected chi connectivity index (χ2v) is 9.72. The van der Waals surface area contributed by atoms with Crippen LogP contribution in [0.1, 0.15) is 31.7 Å². The Morgan fingerprint density at radius 3 is 2.88 bits per heavy atom. The molecule has 178 valence electrons. The van der Waals surface area contributed by atoms with Crippen LogP contribution >= 0.6 is 11.8 Å². The predicted molar refractivity (Wildman–Crippen MR) is 128 cm³/mol. The largest absolute Gasteiger partial charge is 0.507 e. The maximum atomic E-state index is 13.7. The van der Waals surface area contributed by atoms with Gasteiger partial charge in [0.2, 0.25) is 5.91 Å². The molecule has 2 atom stereocenters. The highest BCUT2D eigenvalue weighted by molar-refractivity contribution is 7.99. The molecule has 7 nitrogen and oxygen atoms in total. The first kappa shape index (κ1) is 22.9. The van der Waals surface area contributed by atoms with Crippen LogP contribution in [0.3, 0.4) is 0 Å². The minimum Gasteiger partial charge on any atom is -0.507 e. The molecule has 2 aliphatic rings. The third-order valence-corrected chi connectivity index (χ3v) is 7.39. The minimum atomic E-state index is -0.283. The van der Waals surface area contributed by atoms with Gasteiger partial charge in [-0.2, -0.15) is 0 Å². The second-order valence-electron chi connectivity index (χ2n) is 8.78. The average Bonchev–Trinajstić information content (AvgIpc) is 3.48. The Labute approximate surface area is 201 Å². The van der Waals surface area contributed by atoms with Crippen molar-refractivity contribution >= 4 is 23.4 Å². The van der Waals surface area contributed by atoms with E-state index in [2.05, 4.69) is 10.2 Å². The maximum Gasteiger partial charge on any atom is 0.237 e. The number of fused-ring (bicyclic) bond motifs is 1. The summed E-state index contributed by atoms with van der Waals surface area (Å²) in [7, 11) is 0. The lowest BCUT2D eigenvalue weighted by Crippen LogP contribution is -2.43. The Bertz CT molecular complexity index is 1190. The fourth-order valence-corrected chi connectivity index (χ4v) is 5.52. The highest BCUT2D eigenvalue weighted by Gasteiger charge is 2.29. The van der Waals surface area contributed by atoms with Gasteiger partial charge in [-0.1, -0.05) is 23.9 Å². The average molecular weight is 483 g/mol. The smallest absolute Gasteiger partial charge is 0.237 e. The van der Waals surface area contributed by atoms with E-state index < -0.39 is 0 Å². The van der Waals surface area contributed by atoms with Gasteiger partial charge in [0.05, 0.1) is 24.0 Å². The van der Waals surface area contributed by atoms with Gasteiger partial charge in [0.25, 0.3) is 0 Å². The summed E-state index contributed by atoms with van der Waals surface area (Å²) in [6.45, 7) is 3.30. The van der Waals surface area contributed by atoms with Crippen LogP contribution in [-0.4, -0.2) is 50.3 Å². The number of para-hydroxylation sites is 1. The molecule has 0 spiro atoms. The number of phenols is 1. The number of nitrogens with zero attached hydrogens (tertiary/aromatic N) is 4. The lowest BCUT2D eigenvalue weighted by molar-refractivity contribution is -0.116. The first-order valence-corrected chi connectivity index (χ1v) is 12.6. The van der Waals surface area contributed by atoms with Crippen LogP contribution in [0.15, 0.2) is 47.6 Å². The number of phenolic OH excluding ortho intramolecular Hbond substituents is 1. The molecule has 9 heteroatoms. The SMILES string of the molecule is CC1CCc2cc(F)ccc2N1C(=O)CSc1nnc(-c2ccccc2O)n1CC1CCCO1. The van der Waals surface area contributed by atoms with Crippen LogP contribution < -0.4 is 4.90 Å². The molecule has 1 fully saturated rings. The van der Waals surface area contributed by atoms with Crippen molar-refractivity contribution in [2.24, 2.45) is 0 Å². The molecule has 0 aliphatic carbocycles. The standard InChI is InChI=1S/C25H27FN4O3S/c1-16-8-9-17-13-18(26)10-11-21(17)30(16)23(32)15-34-25-28-27-24(20-6-2-3-7-22(20)31)29(25)14-19-5-4-12-33-19/h2-3,6-7,10-11,13,16,19,31H,4-5,8-9,12,14-15H2,1H3. The topological polar surface area (TPSA) is 80.5 Å². The number of aromatic nitrogens is 3. The van der Waals surface area contributed by atoms with Crippen LogP contribution in [0.4, 0.5) is 10.1 Å². The number of rotatable bonds is 6. The Kier molecular flexibility index (Phi) is 6.56. The monoisotopic (exact) mass is 482 g/mol. The molecule has 1 saturated heterocycles. The van der Waals surface area contributed by atoms with Gasteiger partial charge >= 0.3 is 0 Å². The number of benzene rings is 2. The molecule has 2 unspecified atom stereocenters. The molecule has 5 rings (SSSR count). The van der Waals surface area contributed by atoms with Crippen molar-refractivity contribution in [1.82, 2.24) is 14.8 Å². The van der Waals surface area contributed by atoms with Crippen LogP contribution in [0.2, 0.25) is 0 Å². The van der Waals surface area contributed by atoms with Crippen LogP contribution in [0.25, 0.3) is 11.4 Å². The van der Waals surface area contributed by atoms with E-state index in [9.17, 15) is 14.3 Å². The predicted octanol–water partition coefficient (Wildman–Crippen LogP) is 4.43. The van der Waals surface area contributed by atoms with Crippen molar-refractivity contribution in [2.75, 3.05) is 17.3 Å². The number of anilines is 1. The van der Waals surface area contributed by atoms with Crippen molar-refractivity contribution in [3.8, 4) is 17.1 Å². The number of carbonyl (C=O) groups excluding carboxylic acids is 1. The maximum absolute atomic E-state index is 13.7. The normalized spacial score (nSPS) is 19.9. The van der Waals surface area contributed by atoms with E-state index in [1.165, 1.54) is 23.9 Å². The number of halogens is 1. The summed E-state index contributed by atoms with van der Waals surface area (Å²) in [6.07, 6.45) is 3.54. The Morgan fingerprint density at radius 2 is 2.09 bits per heavy atom. The number of thioether (sulfide) groups is 1. The van der Waals surface area contributed by atoms with Gasteiger partial charge < -0.3 is 14.7 Å². The molecule has 2 aromatic carbocycles.